The van der Waals surface area contributed by atoms with Crippen LogP contribution in [0.2, 0.25) is 0 Å². The van der Waals surface area contributed by atoms with Gasteiger partial charge in [-0.25, -0.2) is 8.42 Å². The minimum Gasteiger partial charge on any atom is -0.497 e. The highest BCUT2D eigenvalue weighted by Crippen LogP contribution is 2.38. The fourth-order valence-corrected chi connectivity index (χ4v) is 4.78. The Morgan fingerprint density at radius 3 is 2.55 bits per heavy atom. The van der Waals surface area contributed by atoms with Crippen LogP contribution in [0, 0.1) is 0 Å². The highest BCUT2D eigenvalue weighted by Gasteiger charge is 2.53. The van der Waals surface area contributed by atoms with E-state index in [9.17, 15) is 8.42 Å². The number of nitrogens with zero attached hydrogens (tertiary/aromatic N) is 1. The second-order valence-corrected chi connectivity index (χ2v) is 7.65. The molecule has 2 aliphatic heterocycles. The molecule has 0 bridgehead atoms. The second kappa shape index (κ2) is 5.81. The summed E-state index contributed by atoms with van der Waals surface area (Å²) >= 11 is 0. The molecular formula is C15H21NO5S. The zero-order valence-electron chi connectivity index (χ0n) is 12.8. The molecule has 2 fully saturated rings. The van der Waals surface area contributed by atoms with E-state index in [1.165, 1.54) is 4.31 Å². The minimum absolute atomic E-state index is 0.219. The predicted octanol–water partition coefficient (Wildman–Crippen LogP) is 1.26. The van der Waals surface area contributed by atoms with E-state index >= 15 is 0 Å². The monoisotopic (exact) mass is 327 g/mol. The van der Waals surface area contributed by atoms with Crippen molar-refractivity contribution in [3.63, 3.8) is 0 Å². The first-order valence-corrected chi connectivity index (χ1v) is 8.77. The summed E-state index contributed by atoms with van der Waals surface area (Å²) in [6, 6.07) is 6.43. The van der Waals surface area contributed by atoms with E-state index < -0.39 is 15.6 Å². The molecule has 0 unspecified atom stereocenters. The summed E-state index contributed by atoms with van der Waals surface area (Å²) in [7, 11) is -0.394. The molecule has 2 atom stereocenters. The van der Waals surface area contributed by atoms with Crippen LogP contribution in [-0.4, -0.2) is 58.3 Å². The van der Waals surface area contributed by atoms with E-state index in [2.05, 4.69) is 0 Å². The van der Waals surface area contributed by atoms with Crippen LogP contribution in [0.5, 0.6) is 5.75 Å². The van der Waals surface area contributed by atoms with Crippen LogP contribution < -0.4 is 4.74 Å². The Morgan fingerprint density at radius 2 is 2.00 bits per heavy atom. The number of sulfonamides is 1. The van der Waals surface area contributed by atoms with Crippen molar-refractivity contribution in [3.8, 4) is 5.75 Å². The Labute approximate surface area is 131 Å². The lowest BCUT2D eigenvalue weighted by molar-refractivity contribution is -0.0753. The largest absolute Gasteiger partial charge is 0.497 e. The average molecular weight is 327 g/mol. The second-order valence-electron chi connectivity index (χ2n) is 5.71. The number of benzene rings is 1. The molecule has 1 spiro atoms. The molecule has 0 aromatic heterocycles. The lowest BCUT2D eigenvalue weighted by Crippen LogP contribution is -2.42. The van der Waals surface area contributed by atoms with Gasteiger partial charge in [-0.3, -0.25) is 0 Å². The van der Waals surface area contributed by atoms with E-state index in [0.29, 0.717) is 25.4 Å². The summed E-state index contributed by atoms with van der Waals surface area (Å²) in [4.78, 5) is 0.262. The van der Waals surface area contributed by atoms with Crippen LogP contribution in [0.3, 0.4) is 0 Å². The first kappa shape index (κ1) is 15.7. The van der Waals surface area contributed by atoms with Gasteiger partial charge in [-0.1, -0.05) is 0 Å². The Balaban J connectivity index is 1.86. The molecule has 22 heavy (non-hydrogen) atoms. The molecule has 6 nitrogen and oxygen atoms in total. The van der Waals surface area contributed by atoms with Gasteiger partial charge in [0.15, 0.2) is 0 Å². The van der Waals surface area contributed by atoms with E-state index in [-0.39, 0.29) is 11.0 Å². The average Bonchev–Trinajstić information content (AvgIpc) is 3.15. The lowest BCUT2D eigenvalue weighted by atomic mass is 9.97. The number of methoxy groups -OCH3 is 2. The third kappa shape index (κ3) is 2.52. The van der Waals surface area contributed by atoms with Gasteiger partial charge >= 0.3 is 0 Å². The van der Waals surface area contributed by atoms with Crippen LogP contribution >= 0.6 is 0 Å². The fourth-order valence-electron chi connectivity index (χ4n) is 3.28. The molecule has 1 aromatic carbocycles. The van der Waals surface area contributed by atoms with Crippen LogP contribution in [0.4, 0.5) is 0 Å². The number of rotatable bonds is 4. The van der Waals surface area contributed by atoms with Gasteiger partial charge in [0.05, 0.1) is 12.0 Å². The molecule has 0 aliphatic carbocycles. The van der Waals surface area contributed by atoms with Crippen molar-refractivity contribution in [1.82, 2.24) is 4.31 Å². The number of ether oxygens (including phenoxy) is 3. The zero-order valence-corrected chi connectivity index (χ0v) is 13.6. The van der Waals surface area contributed by atoms with Crippen LogP contribution in [0.25, 0.3) is 0 Å². The molecule has 2 aliphatic rings. The van der Waals surface area contributed by atoms with Gasteiger partial charge in [-0.05, 0) is 37.1 Å². The van der Waals surface area contributed by atoms with Gasteiger partial charge in [-0.2, -0.15) is 4.31 Å². The van der Waals surface area contributed by atoms with E-state index in [0.717, 1.165) is 12.8 Å². The molecule has 0 radical (unpaired) electrons. The third-order valence-corrected chi connectivity index (χ3v) is 6.34. The number of hydrogen-bond donors (Lipinski definition) is 0. The highest BCUT2D eigenvalue weighted by atomic mass is 32.2. The Morgan fingerprint density at radius 1 is 1.27 bits per heavy atom. The van der Waals surface area contributed by atoms with Gasteiger partial charge in [0, 0.05) is 26.8 Å². The van der Waals surface area contributed by atoms with Crippen molar-refractivity contribution >= 4 is 10.0 Å². The van der Waals surface area contributed by atoms with Crippen molar-refractivity contribution < 1.29 is 22.6 Å². The molecule has 1 aromatic rings. The minimum atomic E-state index is -3.55. The SMILES string of the molecule is COc1ccc(S(=O)(=O)N2C[C@H](OC)[C@]3(CCCO3)C2)cc1. The summed E-state index contributed by atoms with van der Waals surface area (Å²) in [5.74, 6) is 0.630. The number of hydrogen-bond acceptors (Lipinski definition) is 5. The van der Waals surface area contributed by atoms with Gasteiger partial charge in [0.1, 0.15) is 17.5 Å². The zero-order chi connectivity index (χ0) is 15.8. The van der Waals surface area contributed by atoms with E-state index in [4.69, 9.17) is 14.2 Å². The van der Waals surface area contributed by atoms with Gasteiger partial charge in [0.2, 0.25) is 10.0 Å². The fraction of sp³-hybridized carbons (Fsp3) is 0.600. The quantitative estimate of drug-likeness (QED) is 0.833. The molecule has 0 N–H and O–H groups in total. The maximum atomic E-state index is 12.8. The van der Waals surface area contributed by atoms with Crippen molar-refractivity contribution in [2.24, 2.45) is 0 Å². The predicted molar refractivity (Wildman–Crippen MR) is 80.5 cm³/mol. The molecule has 2 saturated heterocycles. The van der Waals surface area contributed by atoms with Gasteiger partial charge in [0.25, 0.3) is 0 Å². The van der Waals surface area contributed by atoms with Gasteiger partial charge < -0.3 is 14.2 Å². The first-order chi connectivity index (χ1) is 10.5. The van der Waals surface area contributed by atoms with Crippen LogP contribution in [-0.2, 0) is 19.5 Å². The Bertz CT molecular complexity index is 622. The Kier molecular flexibility index (Phi) is 4.15. The maximum absolute atomic E-state index is 12.8. The molecule has 7 heteroatoms. The molecule has 0 amide bonds. The van der Waals surface area contributed by atoms with Crippen LogP contribution in [0.15, 0.2) is 29.2 Å². The summed E-state index contributed by atoms with van der Waals surface area (Å²) in [6.45, 7) is 1.33. The summed E-state index contributed by atoms with van der Waals surface area (Å²) in [6.07, 6.45) is 1.55. The van der Waals surface area contributed by atoms with Crippen molar-refractivity contribution in [2.75, 3.05) is 33.9 Å². The Hall–Kier alpha value is -1.15. The molecular weight excluding hydrogens is 306 g/mol. The lowest BCUT2D eigenvalue weighted by Gasteiger charge is -2.27. The normalized spacial score (nSPS) is 29.3. The first-order valence-electron chi connectivity index (χ1n) is 7.33. The highest BCUT2D eigenvalue weighted by molar-refractivity contribution is 7.89. The summed E-state index contributed by atoms with van der Waals surface area (Å²) in [5, 5.41) is 0. The van der Waals surface area contributed by atoms with Crippen molar-refractivity contribution in [2.45, 2.75) is 29.4 Å². The summed E-state index contributed by atoms with van der Waals surface area (Å²) in [5.41, 5.74) is -0.492. The smallest absolute Gasteiger partial charge is 0.243 e. The third-order valence-electron chi connectivity index (χ3n) is 4.52. The topological polar surface area (TPSA) is 65.1 Å². The molecule has 2 heterocycles. The molecule has 0 saturated carbocycles. The summed E-state index contributed by atoms with van der Waals surface area (Å²) < 4.78 is 43.5. The standard InChI is InChI=1S/C15H21NO5S/c1-19-12-4-6-13(7-5-12)22(17,18)16-10-14(20-2)15(11-16)8-3-9-21-15/h4-7,14H,3,8-11H2,1-2H3/t14-,15-/m0/s1. The molecule has 3 rings (SSSR count). The van der Waals surface area contributed by atoms with Crippen LogP contribution in [0.1, 0.15) is 12.8 Å². The van der Waals surface area contributed by atoms with Crippen molar-refractivity contribution in [3.05, 3.63) is 24.3 Å². The van der Waals surface area contributed by atoms with Crippen molar-refractivity contribution in [1.29, 1.82) is 0 Å². The molecule has 122 valence electrons. The van der Waals surface area contributed by atoms with E-state index in [1.807, 2.05) is 0 Å². The maximum Gasteiger partial charge on any atom is 0.243 e. The van der Waals surface area contributed by atoms with E-state index in [1.54, 1.807) is 38.5 Å². The van der Waals surface area contributed by atoms with Gasteiger partial charge in [-0.15, -0.1) is 0 Å².